The van der Waals surface area contributed by atoms with E-state index in [-0.39, 0.29) is 12.0 Å². The van der Waals surface area contributed by atoms with Gasteiger partial charge in [0.15, 0.2) is 0 Å². The van der Waals surface area contributed by atoms with E-state index < -0.39 is 0 Å². The highest BCUT2D eigenvalue weighted by molar-refractivity contribution is 5.95. The monoisotopic (exact) mass is 277 g/mol. The molecule has 0 saturated carbocycles. The summed E-state index contributed by atoms with van der Waals surface area (Å²) in [6.07, 6.45) is 3.05. The molecule has 2 heterocycles. The highest BCUT2D eigenvalue weighted by Crippen LogP contribution is 2.16. The Morgan fingerprint density at radius 3 is 2.90 bits per heavy atom. The molecular formula is C15H23N3O2. The number of rotatable bonds is 5. The Morgan fingerprint density at radius 2 is 2.30 bits per heavy atom. The lowest BCUT2D eigenvalue weighted by molar-refractivity contribution is 0.0539. The molecule has 1 aromatic heterocycles. The maximum absolute atomic E-state index is 12.6. The van der Waals surface area contributed by atoms with Crippen molar-refractivity contribution in [1.29, 1.82) is 0 Å². The standard InChI is InChI=1S/C15H23N3O2/c1-3-12-8-11(9-14(16)17-12)15(19)18(4-2)10-13-6-5-7-20-13/h8-9,13H,3-7,10H2,1-2H3,(H2,16,17). The third-order valence-electron chi connectivity index (χ3n) is 3.62. The van der Waals surface area contributed by atoms with Gasteiger partial charge in [-0.05, 0) is 38.3 Å². The van der Waals surface area contributed by atoms with Crippen LogP contribution < -0.4 is 5.73 Å². The van der Waals surface area contributed by atoms with Gasteiger partial charge in [0.25, 0.3) is 5.91 Å². The van der Waals surface area contributed by atoms with E-state index >= 15 is 0 Å². The van der Waals surface area contributed by atoms with Gasteiger partial charge < -0.3 is 15.4 Å². The molecule has 110 valence electrons. The minimum atomic E-state index is 0.00630. The van der Waals surface area contributed by atoms with E-state index in [4.69, 9.17) is 10.5 Å². The number of nitrogens with two attached hydrogens (primary N) is 1. The molecule has 5 nitrogen and oxygen atoms in total. The number of aromatic nitrogens is 1. The molecule has 1 aromatic rings. The summed E-state index contributed by atoms with van der Waals surface area (Å²) in [7, 11) is 0. The molecule has 0 spiro atoms. The van der Waals surface area contributed by atoms with Crippen molar-refractivity contribution in [2.45, 2.75) is 39.2 Å². The van der Waals surface area contributed by atoms with Crippen molar-refractivity contribution in [1.82, 2.24) is 9.88 Å². The van der Waals surface area contributed by atoms with E-state index in [1.165, 1.54) is 0 Å². The number of hydrogen-bond donors (Lipinski definition) is 1. The molecule has 1 unspecified atom stereocenters. The van der Waals surface area contributed by atoms with Crippen LogP contribution in [0, 0.1) is 0 Å². The first kappa shape index (κ1) is 14.8. The summed E-state index contributed by atoms with van der Waals surface area (Å²) in [5.41, 5.74) is 7.24. The maximum atomic E-state index is 12.6. The van der Waals surface area contributed by atoms with E-state index in [2.05, 4.69) is 4.98 Å². The highest BCUT2D eigenvalue weighted by atomic mass is 16.5. The van der Waals surface area contributed by atoms with Gasteiger partial charge in [-0.3, -0.25) is 4.79 Å². The average Bonchev–Trinajstić information content (AvgIpc) is 2.96. The first-order chi connectivity index (χ1) is 9.63. The average molecular weight is 277 g/mol. The lowest BCUT2D eigenvalue weighted by Crippen LogP contribution is -2.37. The molecule has 0 radical (unpaired) electrons. The largest absolute Gasteiger partial charge is 0.384 e. The zero-order valence-corrected chi connectivity index (χ0v) is 12.3. The second kappa shape index (κ2) is 6.70. The third-order valence-corrected chi connectivity index (χ3v) is 3.62. The molecule has 0 bridgehead atoms. The van der Waals surface area contributed by atoms with Gasteiger partial charge in [0.1, 0.15) is 5.82 Å². The van der Waals surface area contributed by atoms with Crippen LogP contribution in [0.25, 0.3) is 0 Å². The predicted molar refractivity (Wildman–Crippen MR) is 78.6 cm³/mol. The van der Waals surface area contributed by atoms with Gasteiger partial charge in [-0.2, -0.15) is 0 Å². The maximum Gasteiger partial charge on any atom is 0.254 e. The first-order valence-corrected chi connectivity index (χ1v) is 7.31. The summed E-state index contributed by atoms with van der Waals surface area (Å²) in [6, 6.07) is 3.48. The SMILES string of the molecule is CCc1cc(C(=O)N(CC)CC2CCCO2)cc(N)n1. The summed E-state index contributed by atoms with van der Waals surface area (Å²) < 4.78 is 5.61. The summed E-state index contributed by atoms with van der Waals surface area (Å²) >= 11 is 0. The molecule has 5 heteroatoms. The number of likely N-dealkylation sites (N-methyl/N-ethyl adjacent to an activating group) is 1. The molecular weight excluding hydrogens is 254 g/mol. The van der Waals surface area contributed by atoms with Crippen LogP contribution in [0.15, 0.2) is 12.1 Å². The van der Waals surface area contributed by atoms with Crippen LogP contribution in [0.4, 0.5) is 5.82 Å². The van der Waals surface area contributed by atoms with Gasteiger partial charge in [0.2, 0.25) is 0 Å². The zero-order chi connectivity index (χ0) is 14.5. The summed E-state index contributed by atoms with van der Waals surface area (Å²) in [5, 5.41) is 0. The van der Waals surface area contributed by atoms with E-state index in [0.29, 0.717) is 24.5 Å². The van der Waals surface area contributed by atoms with Crippen molar-refractivity contribution in [3.8, 4) is 0 Å². The van der Waals surface area contributed by atoms with Crippen molar-refractivity contribution in [3.05, 3.63) is 23.4 Å². The van der Waals surface area contributed by atoms with Gasteiger partial charge in [0.05, 0.1) is 6.10 Å². The van der Waals surface area contributed by atoms with Gasteiger partial charge in [0, 0.05) is 31.0 Å². The fourth-order valence-electron chi connectivity index (χ4n) is 2.49. The van der Waals surface area contributed by atoms with Crippen molar-refractivity contribution >= 4 is 11.7 Å². The van der Waals surface area contributed by atoms with Crippen LogP contribution in [0.1, 0.15) is 42.7 Å². The Balaban J connectivity index is 2.12. The number of nitrogens with zero attached hydrogens (tertiary/aromatic N) is 2. The van der Waals surface area contributed by atoms with Crippen LogP contribution in [0.3, 0.4) is 0 Å². The van der Waals surface area contributed by atoms with Crippen molar-refractivity contribution in [3.63, 3.8) is 0 Å². The van der Waals surface area contributed by atoms with Crippen LogP contribution in [-0.2, 0) is 11.2 Å². The predicted octanol–water partition coefficient (Wildman–Crippen LogP) is 1.87. The fourth-order valence-corrected chi connectivity index (χ4v) is 2.49. The Kier molecular flexibility index (Phi) is 4.95. The van der Waals surface area contributed by atoms with E-state index in [0.717, 1.165) is 31.6 Å². The number of carbonyl (C=O) groups is 1. The quantitative estimate of drug-likeness (QED) is 0.892. The Bertz CT molecular complexity index is 470. The summed E-state index contributed by atoms with van der Waals surface area (Å²) in [6.45, 7) is 6.11. The summed E-state index contributed by atoms with van der Waals surface area (Å²) in [5.74, 6) is 0.410. The number of ether oxygens (including phenoxy) is 1. The van der Waals surface area contributed by atoms with Crippen LogP contribution in [-0.4, -0.2) is 41.6 Å². The molecule has 1 aliphatic rings. The number of hydrogen-bond acceptors (Lipinski definition) is 4. The van der Waals surface area contributed by atoms with E-state index in [1.54, 1.807) is 6.07 Å². The molecule has 1 atom stereocenters. The number of pyridine rings is 1. The van der Waals surface area contributed by atoms with Crippen molar-refractivity contribution < 1.29 is 9.53 Å². The lowest BCUT2D eigenvalue weighted by Gasteiger charge is -2.24. The molecule has 1 amide bonds. The molecule has 1 aliphatic heterocycles. The second-order valence-electron chi connectivity index (χ2n) is 5.10. The van der Waals surface area contributed by atoms with Crippen LogP contribution in [0.2, 0.25) is 0 Å². The molecule has 0 aliphatic carbocycles. The zero-order valence-electron chi connectivity index (χ0n) is 12.3. The minimum Gasteiger partial charge on any atom is -0.384 e. The highest BCUT2D eigenvalue weighted by Gasteiger charge is 2.22. The molecule has 20 heavy (non-hydrogen) atoms. The number of carbonyl (C=O) groups excluding carboxylic acids is 1. The fraction of sp³-hybridized carbons (Fsp3) is 0.600. The van der Waals surface area contributed by atoms with Crippen LogP contribution >= 0.6 is 0 Å². The minimum absolute atomic E-state index is 0.00630. The Hall–Kier alpha value is -1.62. The van der Waals surface area contributed by atoms with E-state index in [9.17, 15) is 4.79 Å². The number of nitrogen functional groups attached to an aromatic ring is 1. The smallest absolute Gasteiger partial charge is 0.254 e. The topological polar surface area (TPSA) is 68.5 Å². The molecule has 1 fully saturated rings. The van der Waals surface area contributed by atoms with Gasteiger partial charge in [-0.15, -0.1) is 0 Å². The number of aryl methyl sites for hydroxylation is 1. The van der Waals surface area contributed by atoms with Crippen molar-refractivity contribution in [2.24, 2.45) is 0 Å². The molecule has 2 N–H and O–H groups in total. The second-order valence-corrected chi connectivity index (χ2v) is 5.10. The van der Waals surface area contributed by atoms with Gasteiger partial charge >= 0.3 is 0 Å². The van der Waals surface area contributed by atoms with Gasteiger partial charge in [-0.25, -0.2) is 4.98 Å². The first-order valence-electron chi connectivity index (χ1n) is 7.31. The summed E-state index contributed by atoms with van der Waals surface area (Å²) in [4.78, 5) is 18.6. The molecule has 0 aromatic carbocycles. The molecule has 1 saturated heterocycles. The molecule has 2 rings (SSSR count). The van der Waals surface area contributed by atoms with Gasteiger partial charge in [-0.1, -0.05) is 6.92 Å². The Morgan fingerprint density at radius 1 is 1.50 bits per heavy atom. The van der Waals surface area contributed by atoms with Crippen LogP contribution in [0.5, 0.6) is 0 Å². The third kappa shape index (κ3) is 3.48. The number of amides is 1. The van der Waals surface area contributed by atoms with Crippen molar-refractivity contribution in [2.75, 3.05) is 25.4 Å². The lowest BCUT2D eigenvalue weighted by atomic mass is 10.1. The van der Waals surface area contributed by atoms with E-state index in [1.807, 2.05) is 24.8 Å². The normalized spacial score (nSPS) is 18.2. The Labute approximate surface area is 120 Å². The number of anilines is 1.